The first-order chi connectivity index (χ1) is 13.7. The molecule has 1 aliphatic rings. The van der Waals surface area contributed by atoms with Crippen molar-refractivity contribution in [2.75, 3.05) is 20.8 Å². The number of imidazole rings is 1. The molecule has 2 heterocycles. The SMILES string of the molecule is COc1ccc(OC)c(C2CCCN2C(=O)c2ccc(-n3ccnc3)cc2)c1. The molecule has 2 aromatic carbocycles. The minimum Gasteiger partial charge on any atom is -0.497 e. The Kier molecular flexibility index (Phi) is 5.02. The average Bonchev–Trinajstić information content (AvgIpc) is 3.45. The summed E-state index contributed by atoms with van der Waals surface area (Å²) in [7, 11) is 3.30. The van der Waals surface area contributed by atoms with Gasteiger partial charge in [0.15, 0.2) is 0 Å². The molecule has 144 valence electrons. The van der Waals surface area contributed by atoms with Gasteiger partial charge in [0, 0.05) is 35.8 Å². The van der Waals surface area contributed by atoms with E-state index in [1.807, 2.05) is 58.1 Å². The molecular formula is C22H23N3O3. The minimum absolute atomic E-state index is 0.0223. The van der Waals surface area contributed by atoms with Gasteiger partial charge in [0.1, 0.15) is 11.5 Å². The van der Waals surface area contributed by atoms with Gasteiger partial charge in [0.2, 0.25) is 0 Å². The molecule has 1 fully saturated rings. The number of aromatic nitrogens is 2. The second-order valence-corrected chi connectivity index (χ2v) is 6.78. The molecule has 1 aromatic heterocycles. The molecule has 0 spiro atoms. The summed E-state index contributed by atoms with van der Waals surface area (Å²) in [6, 6.07) is 13.3. The van der Waals surface area contributed by atoms with Crippen molar-refractivity contribution in [2.24, 2.45) is 0 Å². The molecule has 1 aliphatic heterocycles. The van der Waals surface area contributed by atoms with Gasteiger partial charge in [0.05, 0.1) is 26.6 Å². The van der Waals surface area contributed by atoms with Crippen molar-refractivity contribution in [1.82, 2.24) is 14.5 Å². The molecule has 1 atom stereocenters. The maximum Gasteiger partial charge on any atom is 0.254 e. The summed E-state index contributed by atoms with van der Waals surface area (Å²) in [6.07, 6.45) is 7.21. The molecule has 6 nitrogen and oxygen atoms in total. The van der Waals surface area contributed by atoms with Crippen LogP contribution >= 0.6 is 0 Å². The number of hydrogen-bond acceptors (Lipinski definition) is 4. The van der Waals surface area contributed by atoms with Gasteiger partial charge in [-0.1, -0.05) is 0 Å². The predicted molar refractivity (Wildman–Crippen MR) is 106 cm³/mol. The summed E-state index contributed by atoms with van der Waals surface area (Å²) in [5, 5.41) is 0. The summed E-state index contributed by atoms with van der Waals surface area (Å²) in [4.78, 5) is 19.2. The lowest BCUT2D eigenvalue weighted by molar-refractivity contribution is 0.0734. The number of ether oxygens (including phenoxy) is 2. The number of nitrogens with zero attached hydrogens (tertiary/aromatic N) is 3. The van der Waals surface area contributed by atoms with E-state index in [1.165, 1.54) is 0 Å². The Hall–Kier alpha value is -3.28. The standard InChI is InChI=1S/C22H23N3O3/c1-27-18-9-10-21(28-2)19(14-18)20-4-3-12-25(20)22(26)16-5-7-17(8-6-16)24-13-11-23-15-24/h5-11,13-15,20H,3-4,12H2,1-2H3. The molecule has 3 aromatic rings. The molecule has 0 aliphatic carbocycles. The molecule has 4 rings (SSSR count). The van der Waals surface area contributed by atoms with E-state index < -0.39 is 0 Å². The third-order valence-electron chi connectivity index (χ3n) is 5.23. The molecule has 1 unspecified atom stereocenters. The van der Waals surface area contributed by atoms with E-state index in [2.05, 4.69) is 4.98 Å². The van der Waals surface area contributed by atoms with Gasteiger partial charge in [-0.25, -0.2) is 4.98 Å². The van der Waals surface area contributed by atoms with Gasteiger partial charge in [-0.15, -0.1) is 0 Å². The van der Waals surface area contributed by atoms with Gasteiger partial charge in [-0.2, -0.15) is 0 Å². The smallest absolute Gasteiger partial charge is 0.254 e. The van der Waals surface area contributed by atoms with Crippen LogP contribution in [0.3, 0.4) is 0 Å². The Morgan fingerprint density at radius 2 is 1.93 bits per heavy atom. The number of likely N-dealkylation sites (tertiary alicyclic amines) is 1. The van der Waals surface area contributed by atoms with E-state index >= 15 is 0 Å². The number of hydrogen-bond donors (Lipinski definition) is 0. The molecule has 28 heavy (non-hydrogen) atoms. The van der Waals surface area contributed by atoms with Crippen LogP contribution in [0.5, 0.6) is 11.5 Å². The van der Waals surface area contributed by atoms with Crippen LogP contribution in [0, 0.1) is 0 Å². The topological polar surface area (TPSA) is 56.6 Å². The van der Waals surface area contributed by atoms with E-state index in [0.29, 0.717) is 5.56 Å². The van der Waals surface area contributed by atoms with E-state index in [4.69, 9.17) is 9.47 Å². The summed E-state index contributed by atoms with van der Waals surface area (Å²) in [5.41, 5.74) is 2.64. The van der Waals surface area contributed by atoms with Crippen LogP contribution in [0.15, 0.2) is 61.2 Å². The first kappa shape index (κ1) is 18.1. The number of benzene rings is 2. The Morgan fingerprint density at radius 1 is 1.11 bits per heavy atom. The highest BCUT2D eigenvalue weighted by Gasteiger charge is 2.32. The highest BCUT2D eigenvalue weighted by atomic mass is 16.5. The van der Waals surface area contributed by atoms with Crippen molar-refractivity contribution in [3.8, 4) is 17.2 Å². The largest absolute Gasteiger partial charge is 0.497 e. The molecule has 0 bridgehead atoms. The molecule has 0 saturated carbocycles. The molecule has 6 heteroatoms. The summed E-state index contributed by atoms with van der Waals surface area (Å²) >= 11 is 0. The summed E-state index contributed by atoms with van der Waals surface area (Å²) in [6.45, 7) is 0.729. The molecular weight excluding hydrogens is 354 g/mol. The fraction of sp³-hybridized carbons (Fsp3) is 0.273. The predicted octanol–water partition coefficient (Wildman–Crippen LogP) is 3.87. The second-order valence-electron chi connectivity index (χ2n) is 6.78. The van der Waals surface area contributed by atoms with E-state index in [1.54, 1.807) is 26.7 Å². The van der Waals surface area contributed by atoms with Gasteiger partial charge in [0.25, 0.3) is 5.91 Å². The number of carbonyl (C=O) groups is 1. The number of rotatable bonds is 5. The van der Waals surface area contributed by atoms with Crippen molar-refractivity contribution in [3.63, 3.8) is 0 Å². The van der Waals surface area contributed by atoms with Gasteiger partial charge >= 0.3 is 0 Å². The van der Waals surface area contributed by atoms with Crippen LogP contribution < -0.4 is 9.47 Å². The zero-order valence-corrected chi connectivity index (χ0v) is 16.0. The number of carbonyl (C=O) groups excluding carboxylic acids is 1. The van der Waals surface area contributed by atoms with E-state index in [9.17, 15) is 4.79 Å². The zero-order valence-electron chi connectivity index (χ0n) is 16.0. The van der Waals surface area contributed by atoms with Crippen molar-refractivity contribution in [2.45, 2.75) is 18.9 Å². The Labute approximate surface area is 164 Å². The fourth-order valence-corrected chi connectivity index (χ4v) is 3.79. The molecule has 0 N–H and O–H groups in total. The van der Waals surface area contributed by atoms with Crippen LogP contribution in [-0.2, 0) is 0 Å². The lowest BCUT2D eigenvalue weighted by Gasteiger charge is -2.27. The lowest BCUT2D eigenvalue weighted by atomic mass is 10.0. The zero-order chi connectivity index (χ0) is 19.5. The highest BCUT2D eigenvalue weighted by molar-refractivity contribution is 5.95. The van der Waals surface area contributed by atoms with Gasteiger partial charge < -0.3 is 18.9 Å². The summed E-state index contributed by atoms with van der Waals surface area (Å²) in [5.74, 6) is 1.57. The fourth-order valence-electron chi connectivity index (χ4n) is 3.79. The highest BCUT2D eigenvalue weighted by Crippen LogP contribution is 2.39. The van der Waals surface area contributed by atoms with Gasteiger partial charge in [-0.3, -0.25) is 4.79 Å². The molecule has 0 radical (unpaired) electrons. The summed E-state index contributed by atoms with van der Waals surface area (Å²) < 4.78 is 12.8. The maximum atomic E-state index is 13.2. The Bertz CT molecular complexity index is 952. The quantitative estimate of drug-likeness (QED) is 0.677. The van der Waals surface area contributed by atoms with Crippen molar-refractivity contribution in [1.29, 1.82) is 0 Å². The van der Waals surface area contributed by atoms with Crippen LogP contribution in [0.4, 0.5) is 0 Å². The van der Waals surface area contributed by atoms with Crippen LogP contribution in [0.1, 0.15) is 34.8 Å². The Balaban J connectivity index is 1.61. The molecule has 1 saturated heterocycles. The van der Waals surface area contributed by atoms with Crippen LogP contribution in [-0.4, -0.2) is 41.1 Å². The monoisotopic (exact) mass is 377 g/mol. The first-order valence-corrected chi connectivity index (χ1v) is 9.32. The van der Waals surface area contributed by atoms with Crippen LogP contribution in [0.25, 0.3) is 5.69 Å². The van der Waals surface area contributed by atoms with Crippen molar-refractivity contribution < 1.29 is 14.3 Å². The second kappa shape index (κ2) is 7.76. The van der Waals surface area contributed by atoms with E-state index in [-0.39, 0.29) is 11.9 Å². The van der Waals surface area contributed by atoms with Crippen LogP contribution in [0.2, 0.25) is 0 Å². The minimum atomic E-state index is -0.0223. The lowest BCUT2D eigenvalue weighted by Crippen LogP contribution is -2.30. The maximum absolute atomic E-state index is 13.2. The van der Waals surface area contributed by atoms with E-state index in [0.717, 1.165) is 42.1 Å². The van der Waals surface area contributed by atoms with Crippen molar-refractivity contribution >= 4 is 5.91 Å². The normalized spacial score (nSPS) is 16.2. The number of methoxy groups -OCH3 is 2. The third-order valence-corrected chi connectivity index (χ3v) is 5.23. The molecule has 1 amide bonds. The third kappa shape index (κ3) is 3.33. The Morgan fingerprint density at radius 3 is 2.61 bits per heavy atom. The average molecular weight is 377 g/mol. The van der Waals surface area contributed by atoms with Crippen molar-refractivity contribution in [3.05, 3.63) is 72.3 Å². The first-order valence-electron chi connectivity index (χ1n) is 9.32. The van der Waals surface area contributed by atoms with Gasteiger partial charge in [-0.05, 0) is 55.3 Å². The number of amides is 1.